The first-order chi connectivity index (χ1) is 21.5. The molecular formula is C37H38BrNO5. The van der Waals surface area contributed by atoms with E-state index in [1.54, 1.807) is 6.07 Å². The molecule has 1 N–H and O–H groups in total. The SMILES string of the molecule is COC(=O)CC(NC(=O)c1cc(Br)ccc1OCCC1CCCCC1)c1ccc(-c2ccccc2Oc2ccccc2)cc1. The Hall–Kier alpha value is -4.10. The Kier molecular flexibility index (Phi) is 11.1. The van der Waals surface area contributed by atoms with Crippen LogP contribution in [0.5, 0.6) is 17.2 Å². The van der Waals surface area contributed by atoms with E-state index in [0.29, 0.717) is 23.8 Å². The lowest BCUT2D eigenvalue weighted by Gasteiger charge is -2.22. The monoisotopic (exact) mass is 655 g/mol. The zero-order chi connectivity index (χ0) is 30.7. The van der Waals surface area contributed by atoms with Gasteiger partial charge < -0.3 is 19.5 Å². The summed E-state index contributed by atoms with van der Waals surface area (Å²) in [5.41, 5.74) is 3.08. The molecule has 6 nitrogen and oxygen atoms in total. The third-order valence-electron chi connectivity index (χ3n) is 8.08. The van der Waals surface area contributed by atoms with E-state index in [9.17, 15) is 9.59 Å². The molecule has 1 fully saturated rings. The van der Waals surface area contributed by atoms with Crippen LogP contribution in [0.2, 0.25) is 0 Å². The Morgan fingerprint density at radius 2 is 1.59 bits per heavy atom. The highest BCUT2D eigenvalue weighted by Gasteiger charge is 2.23. The minimum absolute atomic E-state index is 0.0127. The molecule has 1 aliphatic rings. The fourth-order valence-corrected chi connectivity index (χ4v) is 6.02. The van der Waals surface area contributed by atoms with Crippen LogP contribution in [0.25, 0.3) is 11.1 Å². The van der Waals surface area contributed by atoms with E-state index in [1.807, 2.05) is 91.0 Å². The Labute approximate surface area is 267 Å². The van der Waals surface area contributed by atoms with E-state index >= 15 is 0 Å². The summed E-state index contributed by atoms with van der Waals surface area (Å²) in [6.45, 7) is 0.565. The minimum atomic E-state index is -0.603. The summed E-state index contributed by atoms with van der Waals surface area (Å²) in [6, 6.07) is 30.1. The van der Waals surface area contributed by atoms with E-state index in [1.165, 1.54) is 39.2 Å². The van der Waals surface area contributed by atoms with Crippen molar-refractivity contribution in [3.8, 4) is 28.4 Å². The molecule has 1 aliphatic carbocycles. The molecule has 0 heterocycles. The van der Waals surface area contributed by atoms with Gasteiger partial charge in [-0.1, -0.05) is 109 Å². The van der Waals surface area contributed by atoms with Crippen LogP contribution < -0.4 is 14.8 Å². The van der Waals surface area contributed by atoms with Gasteiger partial charge in [0.15, 0.2) is 0 Å². The maximum Gasteiger partial charge on any atom is 0.307 e. The topological polar surface area (TPSA) is 73.9 Å². The second-order valence-corrected chi connectivity index (χ2v) is 12.0. The summed E-state index contributed by atoms with van der Waals surface area (Å²) in [5, 5.41) is 3.06. The first-order valence-electron chi connectivity index (χ1n) is 15.2. The average molecular weight is 657 g/mol. The summed E-state index contributed by atoms with van der Waals surface area (Å²) in [7, 11) is 1.35. The molecule has 44 heavy (non-hydrogen) atoms. The Bertz CT molecular complexity index is 1530. The molecule has 0 aromatic heterocycles. The number of amides is 1. The third-order valence-corrected chi connectivity index (χ3v) is 8.57. The summed E-state index contributed by atoms with van der Waals surface area (Å²) in [5.74, 6) is 1.96. The molecule has 1 atom stereocenters. The van der Waals surface area contributed by atoms with E-state index in [0.717, 1.165) is 39.1 Å². The summed E-state index contributed by atoms with van der Waals surface area (Å²) in [4.78, 5) is 26.1. The Balaban J connectivity index is 1.33. The van der Waals surface area contributed by atoms with Crippen molar-refractivity contribution in [1.82, 2.24) is 5.32 Å². The second kappa shape index (κ2) is 15.6. The van der Waals surface area contributed by atoms with Crippen molar-refractivity contribution in [3.05, 3.63) is 113 Å². The van der Waals surface area contributed by atoms with Crippen molar-refractivity contribution in [1.29, 1.82) is 0 Å². The highest BCUT2D eigenvalue weighted by molar-refractivity contribution is 9.10. The van der Waals surface area contributed by atoms with Crippen LogP contribution in [0.3, 0.4) is 0 Å². The van der Waals surface area contributed by atoms with Gasteiger partial charge in [-0.15, -0.1) is 0 Å². The van der Waals surface area contributed by atoms with Gasteiger partial charge in [0.05, 0.1) is 31.7 Å². The van der Waals surface area contributed by atoms with Gasteiger partial charge in [-0.2, -0.15) is 0 Å². The first-order valence-corrected chi connectivity index (χ1v) is 16.0. The van der Waals surface area contributed by atoms with Gasteiger partial charge in [0.2, 0.25) is 0 Å². The number of benzene rings is 4. The summed E-state index contributed by atoms with van der Waals surface area (Å²) in [6.07, 6.45) is 7.35. The number of methoxy groups -OCH3 is 1. The zero-order valence-corrected chi connectivity index (χ0v) is 26.6. The van der Waals surface area contributed by atoms with Gasteiger partial charge in [0.25, 0.3) is 5.91 Å². The summed E-state index contributed by atoms with van der Waals surface area (Å²) < 4.78 is 18.0. The van der Waals surface area contributed by atoms with Gasteiger partial charge in [0, 0.05) is 10.0 Å². The standard InChI is InChI=1S/C37H38BrNO5/c1-42-36(40)25-33(39-37(41)32-24-29(38)20-21-34(32)43-23-22-26-10-4-2-5-11-26)28-18-16-27(17-19-28)31-14-8-9-15-35(31)44-30-12-6-3-7-13-30/h3,6-9,12-21,24,26,33H,2,4-5,10-11,22-23,25H2,1H3,(H,39,41). The van der Waals surface area contributed by atoms with Crippen molar-refractivity contribution in [2.24, 2.45) is 5.92 Å². The van der Waals surface area contributed by atoms with Crippen LogP contribution in [0.15, 0.2) is 102 Å². The molecule has 1 unspecified atom stereocenters. The molecule has 1 saturated carbocycles. The maximum atomic E-state index is 13.7. The molecule has 4 aromatic rings. The fourth-order valence-electron chi connectivity index (χ4n) is 5.66. The molecule has 0 radical (unpaired) electrons. The van der Waals surface area contributed by atoms with Crippen LogP contribution in [0.1, 0.15) is 66.9 Å². The number of hydrogen-bond donors (Lipinski definition) is 1. The molecular weight excluding hydrogens is 618 g/mol. The van der Waals surface area contributed by atoms with E-state index in [-0.39, 0.29) is 12.3 Å². The van der Waals surface area contributed by atoms with Gasteiger partial charge in [0.1, 0.15) is 17.2 Å². The molecule has 7 heteroatoms. The Morgan fingerprint density at radius 1 is 0.864 bits per heavy atom. The number of ether oxygens (including phenoxy) is 3. The minimum Gasteiger partial charge on any atom is -0.493 e. The highest BCUT2D eigenvalue weighted by Crippen LogP contribution is 2.34. The lowest BCUT2D eigenvalue weighted by atomic mass is 9.87. The van der Waals surface area contributed by atoms with Crippen molar-refractivity contribution in [3.63, 3.8) is 0 Å². The molecule has 5 rings (SSSR count). The number of rotatable bonds is 12. The van der Waals surface area contributed by atoms with Crippen molar-refractivity contribution in [2.75, 3.05) is 13.7 Å². The van der Waals surface area contributed by atoms with Gasteiger partial charge >= 0.3 is 5.97 Å². The van der Waals surface area contributed by atoms with E-state index in [2.05, 4.69) is 21.2 Å². The molecule has 0 aliphatic heterocycles. The predicted molar refractivity (Wildman–Crippen MR) is 176 cm³/mol. The highest BCUT2D eigenvalue weighted by atomic mass is 79.9. The second-order valence-electron chi connectivity index (χ2n) is 11.1. The normalized spacial score (nSPS) is 14.0. The Morgan fingerprint density at radius 3 is 2.34 bits per heavy atom. The molecule has 0 spiro atoms. The van der Waals surface area contributed by atoms with Crippen LogP contribution in [-0.4, -0.2) is 25.6 Å². The predicted octanol–water partition coefficient (Wildman–Crippen LogP) is 9.29. The number of hydrogen-bond acceptors (Lipinski definition) is 5. The molecule has 228 valence electrons. The quantitative estimate of drug-likeness (QED) is 0.154. The van der Waals surface area contributed by atoms with Crippen LogP contribution in [0, 0.1) is 5.92 Å². The average Bonchev–Trinajstić information content (AvgIpc) is 3.06. The van der Waals surface area contributed by atoms with Gasteiger partial charge in [-0.25, -0.2) is 0 Å². The number of esters is 1. The van der Waals surface area contributed by atoms with E-state index < -0.39 is 12.0 Å². The zero-order valence-electron chi connectivity index (χ0n) is 25.0. The number of halogens is 1. The van der Waals surface area contributed by atoms with Crippen molar-refractivity contribution >= 4 is 27.8 Å². The summed E-state index contributed by atoms with van der Waals surface area (Å²) >= 11 is 3.49. The lowest BCUT2D eigenvalue weighted by Crippen LogP contribution is -2.31. The van der Waals surface area contributed by atoms with Crippen LogP contribution in [-0.2, 0) is 9.53 Å². The number of carbonyl (C=O) groups is 2. The molecule has 0 saturated heterocycles. The fraction of sp³-hybridized carbons (Fsp3) is 0.297. The smallest absolute Gasteiger partial charge is 0.307 e. The lowest BCUT2D eigenvalue weighted by molar-refractivity contribution is -0.141. The largest absolute Gasteiger partial charge is 0.493 e. The molecule has 0 bridgehead atoms. The van der Waals surface area contributed by atoms with Crippen LogP contribution in [0.4, 0.5) is 0 Å². The molecule has 1 amide bonds. The van der Waals surface area contributed by atoms with Gasteiger partial charge in [-0.05, 0) is 59.9 Å². The first kappa shape index (κ1) is 31.3. The van der Waals surface area contributed by atoms with Gasteiger partial charge in [-0.3, -0.25) is 9.59 Å². The number of carbonyl (C=O) groups excluding carboxylic acids is 2. The van der Waals surface area contributed by atoms with Crippen molar-refractivity contribution in [2.45, 2.75) is 51.0 Å². The number of nitrogens with one attached hydrogen (secondary N) is 1. The molecule has 4 aromatic carbocycles. The number of para-hydroxylation sites is 2. The maximum absolute atomic E-state index is 13.7. The van der Waals surface area contributed by atoms with Crippen molar-refractivity contribution < 1.29 is 23.8 Å². The third kappa shape index (κ3) is 8.50. The van der Waals surface area contributed by atoms with Crippen LogP contribution >= 0.6 is 15.9 Å². The van der Waals surface area contributed by atoms with E-state index in [4.69, 9.17) is 14.2 Å².